The van der Waals surface area contributed by atoms with Gasteiger partial charge >= 0.3 is 5.97 Å². The molecule has 3 aromatic rings. The maximum Gasteiger partial charge on any atom is 0.337 e. The first-order valence-corrected chi connectivity index (χ1v) is 10.1. The van der Waals surface area contributed by atoms with Crippen LogP contribution in [0.25, 0.3) is 16.8 Å². The van der Waals surface area contributed by atoms with Gasteiger partial charge in [0.1, 0.15) is 5.03 Å². The van der Waals surface area contributed by atoms with Crippen LogP contribution in [-0.2, 0) is 14.6 Å². The van der Waals surface area contributed by atoms with Gasteiger partial charge in [-0.1, -0.05) is 48.5 Å². The second kappa shape index (κ2) is 7.02. The molecule has 0 aliphatic carbocycles. The van der Waals surface area contributed by atoms with Gasteiger partial charge in [0, 0.05) is 28.8 Å². The van der Waals surface area contributed by atoms with Gasteiger partial charge in [-0.15, -0.1) is 0 Å². The van der Waals surface area contributed by atoms with Crippen molar-refractivity contribution in [2.75, 3.05) is 6.26 Å². The number of carboxylic acids is 1. The Bertz CT molecular complexity index is 1090. The molecule has 0 saturated carbocycles. The maximum atomic E-state index is 12.7. The zero-order chi connectivity index (χ0) is 19.8. The highest BCUT2D eigenvalue weighted by Crippen LogP contribution is 2.40. The van der Waals surface area contributed by atoms with E-state index in [1.54, 1.807) is 67.6 Å². The van der Waals surface area contributed by atoms with Crippen molar-refractivity contribution in [1.29, 1.82) is 0 Å². The second-order valence-electron chi connectivity index (χ2n) is 6.23. The molecule has 6 nitrogen and oxygen atoms in total. The van der Waals surface area contributed by atoms with Crippen LogP contribution >= 0.6 is 0 Å². The third-order valence-corrected chi connectivity index (χ3v) is 5.44. The number of aliphatic hydroxyl groups excluding tert-OH is 1. The molecule has 1 aromatic heterocycles. The van der Waals surface area contributed by atoms with Crippen LogP contribution in [0.2, 0.25) is 0 Å². The summed E-state index contributed by atoms with van der Waals surface area (Å²) in [5.41, 5.74) is 1.71. The van der Waals surface area contributed by atoms with Crippen LogP contribution in [0, 0.1) is 6.92 Å². The number of nitrogens with zero attached hydrogens (tertiary/aromatic N) is 1. The van der Waals surface area contributed by atoms with Gasteiger partial charge in [-0.25, -0.2) is 13.2 Å². The number of hydrogen-bond donors (Lipinski definition) is 2. The lowest BCUT2D eigenvalue weighted by molar-refractivity contribution is -0.146. The number of aromatic nitrogens is 1. The van der Waals surface area contributed by atoms with Crippen LogP contribution in [0.5, 0.6) is 0 Å². The Morgan fingerprint density at radius 1 is 1.00 bits per heavy atom. The first-order valence-electron chi connectivity index (χ1n) is 8.20. The topological polar surface area (TPSA) is 96.6 Å². The largest absolute Gasteiger partial charge is 0.479 e. The summed E-state index contributed by atoms with van der Waals surface area (Å²) in [5.74, 6) is -1.44. The highest BCUT2D eigenvalue weighted by molar-refractivity contribution is 7.90. The van der Waals surface area contributed by atoms with Gasteiger partial charge in [0.2, 0.25) is 0 Å². The summed E-state index contributed by atoms with van der Waals surface area (Å²) in [5, 5.41) is 19.7. The van der Waals surface area contributed by atoms with Crippen LogP contribution in [0.4, 0.5) is 0 Å². The maximum absolute atomic E-state index is 12.7. The predicted molar refractivity (Wildman–Crippen MR) is 102 cm³/mol. The van der Waals surface area contributed by atoms with E-state index in [1.807, 2.05) is 0 Å². The molecule has 0 aliphatic heterocycles. The molecule has 0 bridgehead atoms. The van der Waals surface area contributed by atoms with E-state index in [1.165, 1.54) is 4.57 Å². The van der Waals surface area contributed by atoms with E-state index in [0.29, 0.717) is 16.9 Å². The minimum absolute atomic E-state index is 0.0484. The quantitative estimate of drug-likeness (QED) is 0.704. The van der Waals surface area contributed by atoms with Crippen LogP contribution in [0.1, 0.15) is 17.4 Å². The summed E-state index contributed by atoms with van der Waals surface area (Å²) < 4.78 is 26.9. The summed E-state index contributed by atoms with van der Waals surface area (Å²) in [6, 6.07) is 17.4. The number of para-hydroxylation sites is 1. The number of aliphatic hydroxyl groups is 1. The lowest BCUT2D eigenvalue weighted by Gasteiger charge is -2.11. The fourth-order valence-electron chi connectivity index (χ4n) is 3.26. The van der Waals surface area contributed by atoms with Crippen molar-refractivity contribution in [2.45, 2.75) is 18.1 Å². The van der Waals surface area contributed by atoms with Gasteiger partial charge < -0.3 is 14.8 Å². The summed E-state index contributed by atoms with van der Waals surface area (Å²) in [6.07, 6.45) is -0.782. The van der Waals surface area contributed by atoms with Gasteiger partial charge in [0.25, 0.3) is 0 Å². The average molecular weight is 385 g/mol. The van der Waals surface area contributed by atoms with Crippen LogP contribution in [-0.4, -0.2) is 35.4 Å². The van der Waals surface area contributed by atoms with Crippen molar-refractivity contribution < 1.29 is 23.4 Å². The van der Waals surface area contributed by atoms with Crippen molar-refractivity contribution in [1.82, 2.24) is 4.57 Å². The molecule has 2 N–H and O–H groups in total. The van der Waals surface area contributed by atoms with Crippen molar-refractivity contribution in [3.63, 3.8) is 0 Å². The molecule has 1 heterocycles. The summed E-state index contributed by atoms with van der Waals surface area (Å²) >= 11 is 0. The molecule has 0 aliphatic rings. The average Bonchev–Trinajstić information content (AvgIpc) is 2.95. The van der Waals surface area contributed by atoms with E-state index in [0.717, 1.165) is 6.26 Å². The molecule has 3 rings (SSSR count). The fraction of sp³-hybridized carbons (Fsp3) is 0.150. The van der Waals surface area contributed by atoms with E-state index in [2.05, 4.69) is 0 Å². The molecule has 0 spiro atoms. The Morgan fingerprint density at radius 3 is 2.00 bits per heavy atom. The number of aliphatic carboxylic acids is 1. The summed E-state index contributed by atoms with van der Waals surface area (Å²) in [4.78, 5) is 11.5. The van der Waals surface area contributed by atoms with Crippen molar-refractivity contribution in [2.24, 2.45) is 0 Å². The standard InChI is InChI=1S/C20H19NO5S/c1-13-16(18(22)20(23)24)17(14-9-5-3-6-10-14)19(27(2,25)26)21(13)15-11-7-4-8-12-15/h3-12,18,22H,1-2H3,(H,23,24). The molecule has 0 fully saturated rings. The Hall–Kier alpha value is -2.90. The molecular weight excluding hydrogens is 366 g/mol. The lowest BCUT2D eigenvalue weighted by Crippen LogP contribution is -2.12. The number of hydrogen-bond acceptors (Lipinski definition) is 4. The van der Waals surface area contributed by atoms with Gasteiger partial charge in [0.05, 0.1) is 0 Å². The molecule has 0 saturated heterocycles. The number of rotatable bonds is 5. The predicted octanol–water partition coefficient (Wildman–Crippen LogP) is 2.97. The van der Waals surface area contributed by atoms with Crippen molar-refractivity contribution in [3.05, 3.63) is 71.9 Å². The molecule has 0 amide bonds. The van der Waals surface area contributed by atoms with Gasteiger partial charge in [-0.3, -0.25) is 0 Å². The van der Waals surface area contributed by atoms with Crippen LogP contribution < -0.4 is 0 Å². The van der Waals surface area contributed by atoms with Crippen molar-refractivity contribution >= 4 is 15.8 Å². The van der Waals surface area contributed by atoms with Crippen LogP contribution in [0.3, 0.4) is 0 Å². The number of carboxylic acid groups (broad SMARTS) is 1. The second-order valence-corrected chi connectivity index (χ2v) is 8.16. The molecule has 27 heavy (non-hydrogen) atoms. The Kier molecular flexibility index (Phi) is 4.91. The van der Waals surface area contributed by atoms with E-state index < -0.39 is 21.9 Å². The molecule has 1 unspecified atom stereocenters. The minimum Gasteiger partial charge on any atom is -0.479 e. The highest BCUT2D eigenvalue weighted by Gasteiger charge is 2.33. The number of carbonyl (C=O) groups is 1. The zero-order valence-corrected chi connectivity index (χ0v) is 15.6. The summed E-state index contributed by atoms with van der Waals surface area (Å²) in [7, 11) is -3.76. The van der Waals surface area contributed by atoms with E-state index in [4.69, 9.17) is 0 Å². The third kappa shape index (κ3) is 3.39. The Morgan fingerprint density at radius 2 is 1.52 bits per heavy atom. The van der Waals surface area contributed by atoms with Crippen molar-refractivity contribution in [3.8, 4) is 16.8 Å². The number of benzene rings is 2. The van der Waals surface area contributed by atoms with Gasteiger partial charge in [-0.2, -0.15) is 0 Å². The molecular formula is C20H19NO5S. The monoisotopic (exact) mass is 385 g/mol. The molecule has 140 valence electrons. The lowest BCUT2D eigenvalue weighted by atomic mass is 9.99. The van der Waals surface area contributed by atoms with E-state index in [9.17, 15) is 23.4 Å². The van der Waals surface area contributed by atoms with Gasteiger partial charge in [0.15, 0.2) is 15.9 Å². The molecule has 7 heteroatoms. The smallest absolute Gasteiger partial charge is 0.337 e. The third-order valence-electron chi connectivity index (χ3n) is 4.35. The Balaban J connectivity index is 2.52. The van der Waals surface area contributed by atoms with E-state index in [-0.39, 0.29) is 16.2 Å². The highest BCUT2D eigenvalue weighted by atomic mass is 32.2. The molecule has 1 atom stereocenters. The van der Waals surface area contributed by atoms with E-state index >= 15 is 0 Å². The Labute approximate surface area is 157 Å². The molecule has 2 aromatic carbocycles. The van der Waals surface area contributed by atoms with Crippen LogP contribution in [0.15, 0.2) is 65.7 Å². The first-order chi connectivity index (χ1) is 12.7. The number of sulfone groups is 1. The fourth-order valence-corrected chi connectivity index (χ4v) is 4.43. The normalized spacial score (nSPS) is 12.7. The zero-order valence-electron chi connectivity index (χ0n) is 14.8. The first kappa shape index (κ1) is 18.9. The summed E-state index contributed by atoms with van der Waals surface area (Å²) in [6.45, 7) is 1.61. The molecule has 0 radical (unpaired) electrons. The minimum atomic E-state index is -3.76. The van der Waals surface area contributed by atoms with Gasteiger partial charge in [-0.05, 0) is 24.6 Å². The SMILES string of the molecule is Cc1c(C(O)C(=O)O)c(-c2ccccc2)c(S(C)(=O)=O)n1-c1ccccc1.